The SMILES string of the molecule is C[C@H]1C[C@H]1C(=O)NCCC(=O)Nc1c2c(nn1-c1ccccc1)CCC2. The fourth-order valence-corrected chi connectivity index (χ4v) is 3.59. The van der Waals surface area contributed by atoms with Crippen LogP contribution in [0.3, 0.4) is 0 Å². The molecule has 0 saturated heterocycles. The van der Waals surface area contributed by atoms with Gasteiger partial charge in [-0.25, -0.2) is 4.68 Å². The van der Waals surface area contributed by atoms with Gasteiger partial charge in [0.05, 0.1) is 11.4 Å². The molecule has 2 aromatic rings. The summed E-state index contributed by atoms with van der Waals surface area (Å²) in [7, 11) is 0. The summed E-state index contributed by atoms with van der Waals surface area (Å²) in [6.45, 7) is 2.44. The molecule has 1 saturated carbocycles. The first kappa shape index (κ1) is 16.8. The predicted molar refractivity (Wildman–Crippen MR) is 99.1 cm³/mol. The van der Waals surface area contributed by atoms with Gasteiger partial charge < -0.3 is 10.6 Å². The zero-order valence-corrected chi connectivity index (χ0v) is 15.0. The van der Waals surface area contributed by atoms with Crippen LogP contribution in [0.15, 0.2) is 30.3 Å². The van der Waals surface area contributed by atoms with Crippen molar-refractivity contribution < 1.29 is 9.59 Å². The highest BCUT2D eigenvalue weighted by atomic mass is 16.2. The number of aromatic nitrogens is 2. The van der Waals surface area contributed by atoms with Crippen molar-refractivity contribution in [3.05, 3.63) is 41.6 Å². The molecule has 1 aromatic carbocycles. The van der Waals surface area contributed by atoms with Gasteiger partial charge in [0.2, 0.25) is 11.8 Å². The highest BCUT2D eigenvalue weighted by molar-refractivity contribution is 5.91. The molecule has 2 amide bonds. The first-order chi connectivity index (χ1) is 12.6. The van der Waals surface area contributed by atoms with Crippen molar-refractivity contribution >= 4 is 17.6 Å². The van der Waals surface area contributed by atoms with Crippen LogP contribution in [0.5, 0.6) is 0 Å². The van der Waals surface area contributed by atoms with E-state index in [1.54, 1.807) is 0 Å². The van der Waals surface area contributed by atoms with E-state index in [1.807, 2.05) is 35.0 Å². The van der Waals surface area contributed by atoms with E-state index in [1.165, 1.54) is 0 Å². The zero-order chi connectivity index (χ0) is 18.1. The average Bonchev–Trinajstić information content (AvgIpc) is 3.05. The normalized spacial score (nSPS) is 20.5. The molecule has 2 aliphatic rings. The molecule has 6 heteroatoms. The number of rotatable bonds is 6. The van der Waals surface area contributed by atoms with Gasteiger partial charge in [0.15, 0.2) is 0 Å². The summed E-state index contributed by atoms with van der Waals surface area (Å²) in [6.07, 6.45) is 4.19. The third-order valence-corrected chi connectivity index (χ3v) is 5.26. The minimum absolute atomic E-state index is 0.0699. The molecule has 2 atom stereocenters. The number of hydrogen-bond donors (Lipinski definition) is 2. The van der Waals surface area contributed by atoms with Crippen molar-refractivity contribution in [3.8, 4) is 5.69 Å². The summed E-state index contributed by atoms with van der Waals surface area (Å²) < 4.78 is 1.83. The van der Waals surface area contributed by atoms with E-state index in [9.17, 15) is 9.59 Å². The van der Waals surface area contributed by atoms with Crippen molar-refractivity contribution in [2.75, 3.05) is 11.9 Å². The Bertz CT molecular complexity index is 828. The summed E-state index contributed by atoms with van der Waals surface area (Å²) >= 11 is 0. The van der Waals surface area contributed by atoms with Crippen LogP contribution in [-0.2, 0) is 22.4 Å². The lowest BCUT2D eigenvalue weighted by atomic mass is 10.2. The highest BCUT2D eigenvalue weighted by Gasteiger charge is 2.38. The standard InChI is InChI=1S/C20H24N4O2/c1-13-12-16(13)20(26)21-11-10-18(25)22-19-15-8-5-9-17(15)23-24(19)14-6-3-2-4-7-14/h2-4,6-7,13,16H,5,8-12H2,1H3,(H,21,26)(H,22,25)/t13-,16+/m0/s1. The molecule has 1 aromatic heterocycles. The minimum Gasteiger partial charge on any atom is -0.355 e. The average molecular weight is 352 g/mol. The molecule has 136 valence electrons. The van der Waals surface area contributed by atoms with Gasteiger partial charge in [-0.2, -0.15) is 5.10 Å². The number of hydrogen-bond acceptors (Lipinski definition) is 3. The number of nitrogens with one attached hydrogen (secondary N) is 2. The quantitative estimate of drug-likeness (QED) is 0.838. The maximum atomic E-state index is 12.4. The second-order valence-corrected chi connectivity index (χ2v) is 7.28. The number of para-hydroxylation sites is 1. The lowest BCUT2D eigenvalue weighted by Crippen LogP contribution is -2.29. The molecule has 6 nitrogen and oxygen atoms in total. The number of aryl methyl sites for hydroxylation is 1. The molecule has 26 heavy (non-hydrogen) atoms. The number of nitrogens with zero attached hydrogens (tertiary/aromatic N) is 2. The molecule has 0 aliphatic heterocycles. The predicted octanol–water partition coefficient (Wildman–Crippen LogP) is 2.46. The summed E-state index contributed by atoms with van der Waals surface area (Å²) in [4.78, 5) is 24.3. The molecule has 1 fully saturated rings. The molecule has 2 N–H and O–H groups in total. The van der Waals surface area contributed by atoms with Crippen molar-refractivity contribution in [1.29, 1.82) is 0 Å². The number of carbonyl (C=O) groups excluding carboxylic acids is 2. The Morgan fingerprint density at radius 2 is 2.00 bits per heavy atom. The number of carbonyl (C=O) groups is 2. The summed E-state index contributed by atoms with van der Waals surface area (Å²) in [5, 5.41) is 10.6. The van der Waals surface area contributed by atoms with E-state index in [0.717, 1.165) is 48.4 Å². The van der Waals surface area contributed by atoms with Crippen LogP contribution >= 0.6 is 0 Å². The second-order valence-electron chi connectivity index (χ2n) is 7.28. The molecule has 0 unspecified atom stereocenters. The van der Waals surface area contributed by atoms with Crippen LogP contribution in [0.1, 0.15) is 37.4 Å². The zero-order valence-electron chi connectivity index (χ0n) is 15.0. The molecule has 0 spiro atoms. The van der Waals surface area contributed by atoms with Crippen LogP contribution in [0.25, 0.3) is 5.69 Å². The van der Waals surface area contributed by atoms with E-state index in [-0.39, 0.29) is 24.2 Å². The topological polar surface area (TPSA) is 76.0 Å². The van der Waals surface area contributed by atoms with Crippen LogP contribution in [-0.4, -0.2) is 28.1 Å². The van der Waals surface area contributed by atoms with Crippen LogP contribution < -0.4 is 10.6 Å². The Morgan fingerprint density at radius 1 is 1.23 bits per heavy atom. The smallest absolute Gasteiger partial charge is 0.227 e. The van der Waals surface area contributed by atoms with Gasteiger partial charge in [0, 0.05) is 24.4 Å². The molecule has 2 aliphatic carbocycles. The fraction of sp³-hybridized carbons (Fsp3) is 0.450. The van der Waals surface area contributed by atoms with E-state index in [4.69, 9.17) is 5.10 Å². The van der Waals surface area contributed by atoms with E-state index in [0.29, 0.717) is 12.5 Å². The summed E-state index contributed by atoms with van der Waals surface area (Å²) in [6, 6.07) is 9.84. The van der Waals surface area contributed by atoms with E-state index in [2.05, 4.69) is 17.6 Å². The maximum absolute atomic E-state index is 12.4. The van der Waals surface area contributed by atoms with Crippen LogP contribution in [0.2, 0.25) is 0 Å². The third-order valence-electron chi connectivity index (χ3n) is 5.26. The Hall–Kier alpha value is -2.63. The van der Waals surface area contributed by atoms with E-state index >= 15 is 0 Å². The maximum Gasteiger partial charge on any atom is 0.227 e. The minimum atomic E-state index is -0.0964. The monoisotopic (exact) mass is 352 g/mol. The largest absolute Gasteiger partial charge is 0.355 e. The lowest BCUT2D eigenvalue weighted by Gasteiger charge is -2.11. The second kappa shape index (κ2) is 6.94. The highest BCUT2D eigenvalue weighted by Crippen LogP contribution is 2.37. The molecular weight excluding hydrogens is 328 g/mol. The Morgan fingerprint density at radius 3 is 2.73 bits per heavy atom. The van der Waals surface area contributed by atoms with Gasteiger partial charge in [0.25, 0.3) is 0 Å². The van der Waals surface area contributed by atoms with Crippen molar-refractivity contribution in [3.63, 3.8) is 0 Å². The van der Waals surface area contributed by atoms with Crippen molar-refractivity contribution in [2.45, 2.75) is 39.0 Å². The Kier molecular flexibility index (Phi) is 4.49. The Labute approximate surface area is 153 Å². The van der Waals surface area contributed by atoms with Gasteiger partial charge in [-0.3, -0.25) is 9.59 Å². The number of fused-ring (bicyclic) bond motifs is 1. The number of benzene rings is 1. The molecule has 0 radical (unpaired) electrons. The summed E-state index contributed by atoms with van der Waals surface area (Å²) in [5.41, 5.74) is 3.14. The van der Waals surface area contributed by atoms with Gasteiger partial charge >= 0.3 is 0 Å². The number of anilines is 1. The first-order valence-corrected chi connectivity index (χ1v) is 9.37. The van der Waals surface area contributed by atoms with Crippen molar-refractivity contribution in [1.82, 2.24) is 15.1 Å². The van der Waals surface area contributed by atoms with E-state index < -0.39 is 0 Å². The molecule has 1 heterocycles. The van der Waals surface area contributed by atoms with Gasteiger partial charge in [-0.1, -0.05) is 25.1 Å². The fourth-order valence-electron chi connectivity index (χ4n) is 3.59. The molecule has 4 rings (SSSR count). The molecule has 0 bridgehead atoms. The third kappa shape index (κ3) is 3.36. The molecular formula is C20H24N4O2. The number of amides is 2. The van der Waals surface area contributed by atoms with Crippen molar-refractivity contribution in [2.24, 2.45) is 11.8 Å². The lowest BCUT2D eigenvalue weighted by molar-refractivity contribution is -0.122. The first-order valence-electron chi connectivity index (χ1n) is 9.37. The van der Waals surface area contributed by atoms with Gasteiger partial charge in [-0.15, -0.1) is 0 Å². The Balaban J connectivity index is 1.42. The van der Waals surface area contributed by atoms with Gasteiger partial charge in [-0.05, 0) is 43.7 Å². The van der Waals surface area contributed by atoms with Gasteiger partial charge in [0.1, 0.15) is 5.82 Å². The van der Waals surface area contributed by atoms with Crippen LogP contribution in [0, 0.1) is 11.8 Å². The summed E-state index contributed by atoms with van der Waals surface area (Å²) in [5.74, 6) is 1.37. The van der Waals surface area contributed by atoms with Crippen LogP contribution in [0.4, 0.5) is 5.82 Å².